The number of ether oxygens (including phenoxy) is 1. The lowest BCUT2D eigenvalue weighted by Gasteiger charge is -2.42. The summed E-state index contributed by atoms with van der Waals surface area (Å²) >= 11 is 0. The molecule has 1 heterocycles. The zero-order chi connectivity index (χ0) is 13.4. The molecular weight excluding hydrogens is 226 g/mol. The highest BCUT2D eigenvalue weighted by atomic mass is 16.5. The number of methoxy groups -OCH3 is 1. The van der Waals surface area contributed by atoms with Gasteiger partial charge in [0, 0.05) is 25.7 Å². The largest absolute Gasteiger partial charge is 0.383 e. The maximum Gasteiger partial charge on any atom is 0.0589 e. The number of nitrogens with zero attached hydrogens (tertiary/aromatic N) is 2. The fourth-order valence-electron chi connectivity index (χ4n) is 3.13. The predicted molar refractivity (Wildman–Crippen MR) is 76.9 cm³/mol. The standard InChI is InChI=1S/C14H31N3O/c1-4-16-9-6-7-14(13-15,8-10-16)17(5-2)11-12-18-3/h4-13,15H2,1-3H3. The first-order valence-corrected chi connectivity index (χ1v) is 7.38. The molecule has 0 aromatic heterocycles. The Morgan fingerprint density at radius 3 is 2.61 bits per heavy atom. The Balaban J connectivity index is 2.69. The van der Waals surface area contributed by atoms with Crippen molar-refractivity contribution in [2.45, 2.75) is 38.6 Å². The third-order valence-corrected chi connectivity index (χ3v) is 4.45. The Labute approximate surface area is 112 Å². The average molecular weight is 257 g/mol. The maximum absolute atomic E-state index is 6.14. The second kappa shape index (κ2) is 8.10. The van der Waals surface area contributed by atoms with Crippen LogP contribution in [-0.4, -0.2) is 68.3 Å². The molecule has 18 heavy (non-hydrogen) atoms. The third kappa shape index (κ3) is 3.92. The Morgan fingerprint density at radius 1 is 1.28 bits per heavy atom. The van der Waals surface area contributed by atoms with E-state index >= 15 is 0 Å². The summed E-state index contributed by atoms with van der Waals surface area (Å²) in [5.41, 5.74) is 6.33. The van der Waals surface area contributed by atoms with Crippen LogP contribution in [0.1, 0.15) is 33.1 Å². The summed E-state index contributed by atoms with van der Waals surface area (Å²) in [6.45, 7) is 11.7. The van der Waals surface area contributed by atoms with Gasteiger partial charge in [0.05, 0.1) is 6.61 Å². The highest BCUT2D eigenvalue weighted by Gasteiger charge is 2.35. The lowest BCUT2D eigenvalue weighted by molar-refractivity contribution is 0.0534. The Morgan fingerprint density at radius 2 is 2.06 bits per heavy atom. The van der Waals surface area contributed by atoms with Crippen LogP contribution in [0.3, 0.4) is 0 Å². The predicted octanol–water partition coefficient (Wildman–Crippen LogP) is 1.16. The minimum atomic E-state index is 0.192. The van der Waals surface area contributed by atoms with Gasteiger partial charge in [0.25, 0.3) is 0 Å². The molecule has 1 fully saturated rings. The van der Waals surface area contributed by atoms with Crippen molar-refractivity contribution in [3.8, 4) is 0 Å². The van der Waals surface area contributed by atoms with Gasteiger partial charge in [-0.05, 0) is 45.4 Å². The van der Waals surface area contributed by atoms with Crippen molar-refractivity contribution < 1.29 is 4.74 Å². The lowest BCUT2D eigenvalue weighted by Crippen LogP contribution is -2.55. The molecule has 108 valence electrons. The summed E-state index contributed by atoms with van der Waals surface area (Å²) in [6.07, 6.45) is 3.67. The van der Waals surface area contributed by atoms with Crippen LogP contribution in [0.2, 0.25) is 0 Å². The van der Waals surface area contributed by atoms with E-state index in [0.717, 1.165) is 32.8 Å². The molecule has 1 rings (SSSR count). The zero-order valence-electron chi connectivity index (χ0n) is 12.5. The van der Waals surface area contributed by atoms with Crippen LogP contribution in [0.15, 0.2) is 0 Å². The van der Waals surface area contributed by atoms with Gasteiger partial charge < -0.3 is 15.4 Å². The molecule has 1 saturated heterocycles. The van der Waals surface area contributed by atoms with E-state index in [1.165, 1.54) is 32.4 Å². The van der Waals surface area contributed by atoms with E-state index in [1.54, 1.807) is 7.11 Å². The number of nitrogens with two attached hydrogens (primary N) is 1. The van der Waals surface area contributed by atoms with Crippen molar-refractivity contribution >= 4 is 0 Å². The van der Waals surface area contributed by atoms with Crippen LogP contribution in [0, 0.1) is 0 Å². The van der Waals surface area contributed by atoms with Crippen LogP contribution in [0.4, 0.5) is 0 Å². The molecule has 1 aliphatic heterocycles. The summed E-state index contributed by atoms with van der Waals surface area (Å²) < 4.78 is 5.24. The molecule has 0 aromatic carbocycles. The van der Waals surface area contributed by atoms with Crippen LogP contribution in [-0.2, 0) is 4.74 Å². The van der Waals surface area contributed by atoms with Crippen LogP contribution in [0.25, 0.3) is 0 Å². The van der Waals surface area contributed by atoms with Gasteiger partial charge in [-0.25, -0.2) is 0 Å². The van der Waals surface area contributed by atoms with Crippen molar-refractivity contribution in [3.05, 3.63) is 0 Å². The van der Waals surface area contributed by atoms with Crippen LogP contribution < -0.4 is 5.73 Å². The summed E-state index contributed by atoms with van der Waals surface area (Å²) in [5.74, 6) is 0. The number of hydrogen-bond acceptors (Lipinski definition) is 4. The van der Waals surface area contributed by atoms with Gasteiger partial charge in [-0.3, -0.25) is 4.90 Å². The van der Waals surface area contributed by atoms with Crippen molar-refractivity contribution in [2.75, 3.05) is 53.0 Å². The quantitative estimate of drug-likeness (QED) is 0.743. The van der Waals surface area contributed by atoms with Crippen LogP contribution >= 0.6 is 0 Å². The molecule has 0 aromatic rings. The van der Waals surface area contributed by atoms with E-state index in [-0.39, 0.29) is 5.54 Å². The van der Waals surface area contributed by atoms with E-state index in [9.17, 15) is 0 Å². The third-order valence-electron chi connectivity index (χ3n) is 4.45. The maximum atomic E-state index is 6.14. The average Bonchev–Trinajstić information content (AvgIpc) is 2.63. The molecule has 0 bridgehead atoms. The molecule has 1 atom stereocenters. The summed E-state index contributed by atoms with van der Waals surface area (Å²) in [4.78, 5) is 5.08. The number of likely N-dealkylation sites (N-methyl/N-ethyl adjacent to an activating group) is 1. The Kier molecular flexibility index (Phi) is 7.15. The SMILES string of the molecule is CCN1CCCC(CN)(N(CC)CCOC)CC1. The van der Waals surface area contributed by atoms with Gasteiger partial charge in [0.2, 0.25) is 0 Å². The normalized spacial score (nSPS) is 26.5. The van der Waals surface area contributed by atoms with Gasteiger partial charge in [-0.2, -0.15) is 0 Å². The molecule has 0 aliphatic carbocycles. The van der Waals surface area contributed by atoms with E-state index in [4.69, 9.17) is 10.5 Å². The first-order valence-electron chi connectivity index (χ1n) is 7.38. The second-order valence-corrected chi connectivity index (χ2v) is 5.29. The van der Waals surface area contributed by atoms with Gasteiger partial charge in [0.1, 0.15) is 0 Å². The molecule has 1 aliphatic rings. The molecule has 4 heteroatoms. The van der Waals surface area contributed by atoms with Gasteiger partial charge >= 0.3 is 0 Å². The van der Waals surface area contributed by atoms with E-state index < -0.39 is 0 Å². The topological polar surface area (TPSA) is 41.7 Å². The minimum Gasteiger partial charge on any atom is -0.383 e. The molecule has 1 unspecified atom stereocenters. The molecular formula is C14H31N3O. The molecule has 0 radical (unpaired) electrons. The molecule has 4 nitrogen and oxygen atoms in total. The smallest absolute Gasteiger partial charge is 0.0589 e. The van der Waals surface area contributed by atoms with E-state index in [1.807, 2.05) is 0 Å². The van der Waals surface area contributed by atoms with E-state index in [2.05, 4.69) is 23.6 Å². The highest BCUT2D eigenvalue weighted by Crippen LogP contribution is 2.28. The summed E-state index contributed by atoms with van der Waals surface area (Å²) in [6, 6.07) is 0. The molecule has 0 saturated carbocycles. The Bertz CT molecular complexity index is 225. The monoisotopic (exact) mass is 257 g/mol. The first kappa shape index (κ1) is 15.9. The molecule has 0 spiro atoms. The van der Waals surface area contributed by atoms with Crippen molar-refractivity contribution in [2.24, 2.45) is 5.73 Å². The minimum absolute atomic E-state index is 0.192. The van der Waals surface area contributed by atoms with Crippen LogP contribution in [0.5, 0.6) is 0 Å². The first-order chi connectivity index (χ1) is 8.72. The summed E-state index contributed by atoms with van der Waals surface area (Å²) in [5, 5.41) is 0. The number of likely N-dealkylation sites (tertiary alicyclic amines) is 1. The molecule has 2 N–H and O–H groups in total. The fourth-order valence-corrected chi connectivity index (χ4v) is 3.13. The van der Waals surface area contributed by atoms with E-state index in [0.29, 0.717) is 0 Å². The number of rotatable bonds is 7. The van der Waals surface area contributed by atoms with Crippen molar-refractivity contribution in [3.63, 3.8) is 0 Å². The van der Waals surface area contributed by atoms with Gasteiger partial charge in [0.15, 0.2) is 0 Å². The highest BCUT2D eigenvalue weighted by molar-refractivity contribution is 4.94. The van der Waals surface area contributed by atoms with Crippen molar-refractivity contribution in [1.29, 1.82) is 0 Å². The Hall–Kier alpha value is -0.160. The summed E-state index contributed by atoms with van der Waals surface area (Å²) in [7, 11) is 1.77. The van der Waals surface area contributed by atoms with Gasteiger partial charge in [-0.15, -0.1) is 0 Å². The fraction of sp³-hybridized carbons (Fsp3) is 1.00. The zero-order valence-corrected chi connectivity index (χ0v) is 12.5. The van der Waals surface area contributed by atoms with Gasteiger partial charge in [-0.1, -0.05) is 13.8 Å². The number of hydrogen-bond donors (Lipinski definition) is 1. The lowest BCUT2D eigenvalue weighted by atomic mass is 9.88. The molecule has 0 amide bonds. The van der Waals surface area contributed by atoms with Crippen molar-refractivity contribution in [1.82, 2.24) is 9.80 Å². The second-order valence-electron chi connectivity index (χ2n) is 5.29.